The van der Waals surface area contributed by atoms with Crippen LogP contribution in [0.4, 0.5) is 0 Å². The van der Waals surface area contributed by atoms with Gasteiger partial charge in [0, 0.05) is 24.2 Å². The van der Waals surface area contributed by atoms with Crippen molar-refractivity contribution < 1.29 is 9.47 Å². The monoisotopic (exact) mass is 275 g/mol. The van der Waals surface area contributed by atoms with Crippen LogP contribution in [0.1, 0.15) is 50.5 Å². The van der Waals surface area contributed by atoms with E-state index >= 15 is 0 Å². The summed E-state index contributed by atoms with van der Waals surface area (Å²) in [6.07, 6.45) is 9.34. The van der Waals surface area contributed by atoms with E-state index in [9.17, 15) is 0 Å². The first-order chi connectivity index (χ1) is 9.85. The van der Waals surface area contributed by atoms with Crippen LogP contribution in [0.3, 0.4) is 0 Å². The number of nitrogens with one attached hydrogen (secondary N) is 1. The Kier molecular flexibility index (Phi) is 4.46. The molecule has 0 amide bonds. The second-order valence-electron chi connectivity index (χ2n) is 6.01. The van der Waals surface area contributed by atoms with Gasteiger partial charge in [-0.05, 0) is 44.6 Å². The molecule has 1 aromatic carbocycles. The molecular formula is C17H25NO2. The average molecular weight is 275 g/mol. The topological polar surface area (TPSA) is 30.5 Å². The molecule has 3 rings (SSSR count). The SMILES string of the molecule is COc1ccc(CNC2CC2)c(OC2CCCCC2)c1. The molecule has 0 bridgehead atoms. The molecular weight excluding hydrogens is 250 g/mol. The van der Waals surface area contributed by atoms with Crippen molar-refractivity contribution in [2.75, 3.05) is 7.11 Å². The molecule has 0 unspecified atom stereocenters. The first-order valence-electron chi connectivity index (χ1n) is 7.92. The molecule has 0 radical (unpaired) electrons. The third-order valence-electron chi connectivity index (χ3n) is 4.28. The predicted octanol–water partition coefficient (Wildman–Crippen LogP) is 3.66. The van der Waals surface area contributed by atoms with Gasteiger partial charge < -0.3 is 14.8 Å². The summed E-state index contributed by atoms with van der Waals surface area (Å²) in [4.78, 5) is 0. The maximum atomic E-state index is 6.26. The molecule has 110 valence electrons. The van der Waals surface area contributed by atoms with Gasteiger partial charge in [0.05, 0.1) is 13.2 Å². The van der Waals surface area contributed by atoms with E-state index in [1.54, 1.807) is 7.11 Å². The van der Waals surface area contributed by atoms with Gasteiger partial charge in [-0.1, -0.05) is 12.5 Å². The second-order valence-corrected chi connectivity index (χ2v) is 6.01. The standard InChI is InChI=1S/C17H25NO2/c1-19-16-10-7-13(12-18-14-8-9-14)17(11-16)20-15-5-3-2-4-6-15/h7,10-11,14-15,18H,2-6,8-9,12H2,1H3. The van der Waals surface area contributed by atoms with Crippen LogP contribution in [0, 0.1) is 0 Å². The number of hydrogen-bond donors (Lipinski definition) is 1. The molecule has 3 heteroatoms. The van der Waals surface area contributed by atoms with E-state index < -0.39 is 0 Å². The zero-order chi connectivity index (χ0) is 13.8. The summed E-state index contributed by atoms with van der Waals surface area (Å²) in [6.45, 7) is 0.900. The van der Waals surface area contributed by atoms with Crippen LogP contribution >= 0.6 is 0 Å². The van der Waals surface area contributed by atoms with Crippen molar-refractivity contribution in [3.05, 3.63) is 23.8 Å². The van der Waals surface area contributed by atoms with Crippen molar-refractivity contribution in [3.8, 4) is 11.5 Å². The van der Waals surface area contributed by atoms with Crippen molar-refractivity contribution in [1.29, 1.82) is 0 Å². The van der Waals surface area contributed by atoms with Crippen molar-refractivity contribution in [2.24, 2.45) is 0 Å². The Balaban J connectivity index is 1.69. The molecule has 2 fully saturated rings. The van der Waals surface area contributed by atoms with Crippen LogP contribution < -0.4 is 14.8 Å². The Morgan fingerprint density at radius 2 is 1.90 bits per heavy atom. The zero-order valence-electron chi connectivity index (χ0n) is 12.4. The lowest BCUT2D eigenvalue weighted by Gasteiger charge is -2.24. The highest BCUT2D eigenvalue weighted by Crippen LogP contribution is 2.30. The third kappa shape index (κ3) is 3.66. The number of ether oxygens (including phenoxy) is 2. The molecule has 2 aliphatic carbocycles. The number of rotatable bonds is 6. The molecule has 0 saturated heterocycles. The maximum absolute atomic E-state index is 6.26. The van der Waals surface area contributed by atoms with E-state index in [0.717, 1.165) is 24.1 Å². The van der Waals surface area contributed by atoms with Gasteiger partial charge in [-0.3, -0.25) is 0 Å². The van der Waals surface area contributed by atoms with E-state index in [0.29, 0.717) is 6.10 Å². The molecule has 0 spiro atoms. The lowest BCUT2D eigenvalue weighted by atomic mass is 9.97. The summed E-state index contributed by atoms with van der Waals surface area (Å²) in [6, 6.07) is 6.92. The van der Waals surface area contributed by atoms with Crippen molar-refractivity contribution in [2.45, 2.75) is 63.6 Å². The van der Waals surface area contributed by atoms with Gasteiger partial charge in [0.15, 0.2) is 0 Å². The lowest BCUT2D eigenvalue weighted by Crippen LogP contribution is -2.22. The van der Waals surface area contributed by atoms with Gasteiger partial charge in [-0.15, -0.1) is 0 Å². The van der Waals surface area contributed by atoms with E-state index in [1.807, 2.05) is 12.1 Å². The highest BCUT2D eigenvalue weighted by molar-refractivity contribution is 5.41. The van der Waals surface area contributed by atoms with Crippen LogP contribution in [-0.4, -0.2) is 19.3 Å². The largest absolute Gasteiger partial charge is 0.497 e. The van der Waals surface area contributed by atoms with Gasteiger partial charge in [-0.2, -0.15) is 0 Å². The van der Waals surface area contributed by atoms with Crippen LogP contribution in [0.15, 0.2) is 18.2 Å². The summed E-state index contributed by atoms with van der Waals surface area (Å²) >= 11 is 0. The van der Waals surface area contributed by atoms with E-state index in [4.69, 9.17) is 9.47 Å². The van der Waals surface area contributed by atoms with Crippen LogP contribution in [0.25, 0.3) is 0 Å². The molecule has 1 N–H and O–H groups in total. The van der Waals surface area contributed by atoms with Gasteiger partial charge >= 0.3 is 0 Å². The highest BCUT2D eigenvalue weighted by atomic mass is 16.5. The quantitative estimate of drug-likeness (QED) is 0.859. The molecule has 0 heterocycles. The smallest absolute Gasteiger partial charge is 0.127 e. The Bertz CT molecular complexity index is 437. The van der Waals surface area contributed by atoms with Crippen molar-refractivity contribution in [3.63, 3.8) is 0 Å². The molecule has 3 nitrogen and oxygen atoms in total. The molecule has 2 aliphatic rings. The molecule has 0 aromatic heterocycles. The number of benzene rings is 1. The fourth-order valence-corrected chi connectivity index (χ4v) is 2.82. The summed E-state index contributed by atoms with van der Waals surface area (Å²) in [7, 11) is 1.71. The van der Waals surface area contributed by atoms with E-state index in [1.165, 1.54) is 50.5 Å². The van der Waals surface area contributed by atoms with E-state index in [-0.39, 0.29) is 0 Å². The zero-order valence-corrected chi connectivity index (χ0v) is 12.4. The van der Waals surface area contributed by atoms with Gasteiger partial charge in [0.25, 0.3) is 0 Å². The fourth-order valence-electron chi connectivity index (χ4n) is 2.82. The first-order valence-corrected chi connectivity index (χ1v) is 7.92. The maximum Gasteiger partial charge on any atom is 0.127 e. The normalized spacial score (nSPS) is 19.9. The van der Waals surface area contributed by atoms with Crippen LogP contribution in [0.5, 0.6) is 11.5 Å². The summed E-state index contributed by atoms with van der Waals surface area (Å²) in [5.41, 5.74) is 1.25. The minimum atomic E-state index is 0.385. The first kappa shape index (κ1) is 13.7. The molecule has 2 saturated carbocycles. The summed E-state index contributed by atoms with van der Waals surface area (Å²) in [5, 5.41) is 3.57. The van der Waals surface area contributed by atoms with Crippen LogP contribution in [-0.2, 0) is 6.54 Å². The second kappa shape index (κ2) is 6.49. The highest BCUT2D eigenvalue weighted by Gasteiger charge is 2.21. The van der Waals surface area contributed by atoms with E-state index in [2.05, 4.69) is 11.4 Å². The Morgan fingerprint density at radius 1 is 1.10 bits per heavy atom. The van der Waals surface area contributed by atoms with Gasteiger partial charge in [0.2, 0.25) is 0 Å². The van der Waals surface area contributed by atoms with Crippen LogP contribution in [0.2, 0.25) is 0 Å². The van der Waals surface area contributed by atoms with Gasteiger partial charge in [-0.25, -0.2) is 0 Å². The Morgan fingerprint density at radius 3 is 2.60 bits per heavy atom. The summed E-state index contributed by atoms with van der Waals surface area (Å²) in [5.74, 6) is 1.88. The molecule has 0 aliphatic heterocycles. The predicted molar refractivity (Wildman–Crippen MR) is 80.4 cm³/mol. The number of methoxy groups -OCH3 is 1. The Hall–Kier alpha value is -1.22. The molecule has 0 atom stereocenters. The lowest BCUT2D eigenvalue weighted by molar-refractivity contribution is 0.153. The Labute approximate surface area is 121 Å². The van der Waals surface area contributed by atoms with Gasteiger partial charge in [0.1, 0.15) is 11.5 Å². The molecule has 20 heavy (non-hydrogen) atoms. The fraction of sp³-hybridized carbons (Fsp3) is 0.647. The minimum Gasteiger partial charge on any atom is -0.497 e. The molecule has 1 aromatic rings. The number of hydrogen-bond acceptors (Lipinski definition) is 3. The average Bonchev–Trinajstić information content (AvgIpc) is 3.31. The minimum absolute atomic E-state index is 0.385. The third-order valence-corrected chi connectivity index (χ3v) is 4.28. The summed E-state index contributed by atoms with van der Waals surface area (Å²) < 4.78 is 11.6. The van der Waals surface area contributed by atoms with Crippen molar-refractivity contribution in [1.82, 2.24) is 5.32 Å². The van der Waals surface area contributed by atoms with Crippen molar-refractivity contribution >= 4 is 0 Å².